The third kappa shape index (κ3) is 5.99. The molecule has 9 heavy (non-hydrogen) atoms. The van der Waals surface area contributed by atoms with Gasteiger partial charge in [0, 0.05) is 10.6 Å². The molecule has 0 aromatic rings. The molecule has 0 radical (unpaired) electrons. The SMILES string of the molecule is FC(F)(F)C/C(Cl)=C\Cl. The van der Waals surface area contributed by atoms with E-state index in [9.17, 15) is 13.2 Å². The molecule has 0 spiro atoms. The van der Waals surface area contributed by atoms with Crippen LogP contribution in [0.4, 0.5) is 13.2 Å². The van der Waals surface area contributed by atoms with Crippen molar-refractivity contribution in [2.24, 2.45) is 0 Å². The first-order chi connectivity index (χ1) is 3.95. The standard InChI is InChI=1S/C4H3Cl2F3/c5-2-3(6)1-4(7,8)9/h2H,1H2/b3-2+. The monoisotopic (exact) mass is 178 g/mol. The molecule has 0 fully saturated rings. The molecular formula is C4H3Cl2F3. The van der Waals surface area contributed by atoms with Gasteiger partial charge < -0.3 is 0 Å². The van der Waals surface area contributed by atoms with Crippen molar-refractivity contribution in [1.82, 2.24) is 0 Å². The van der Waals surface area contributed by atoms with Crippen LogP contribution in [0.2, 0.25) is 0 Å². The van der Waals surface area contributed by atoms with E-state index < -0.39 is 17.6 Å². The summed E-state index contributed by atoms with van der Waals surface area (Å²) in [6.07, 6.45) is -5.42. The summed E-state index contributed by atoms with van der Waals surface area (Å²) in [5.74, 6) is 0. The first-order valence-electron chi connectivity index (χ1n) is 1.97. The summed E-state index contributed by atoms with van der Waals surface area (Å²) in [4.78, 5) is 0. The van der Waals surface area contributed by atoms with Crippen LogP contribution >= 0.6 is 23.2 Å². The number of hydrogen-bond donors (Lipinski definition) is 0. The molecule has 0 rings (SSSR count). The van der Waals surface area contributed by atoms with E-state index in [0.29, 0.717) is 5.54 Å². The first-order valence-corrected chi connectivity index (χ1v) is 2.78. The van der Waals surface area contributed by atoms with Gasteiger partial charge >= 0.3 is 6.18 Å². The smallest absolute Gasteiger partial charge is 0.171 e. The molecule has 0 aliphatic carbocycles. The molecule has 0 amide bonds. The van der Waals surface area contributed by atoms with Gasteiger partial charge in [0.1, 0.15) is 0 Å². The van der Waals surface area contributed by atoms with Crippen LogP contribution in [0.15, 0.2) is 10.6 Å². The second-order valence-electron chi connectivity index (χ2n) is 1.35. The zero-order valence-electron chi connectivity index (χ0n) is 4.17. The number of alkyl halides is 3. The van der Waals surface area contributed by atoms with Crippen molar-refractivity contribution in [3.63, 3.8) is 0 Å². The van der Waals surface area contributed by atoms with E-state index in [1.807, 2.05) is 0 Å². The molecule has 0 aromatic heterocycles. The highest BCUT2D eigenvalue weighted by molar-refractivity contribution is 6.36. The largest absolute Gasteiger partial charge is 0.393 e. The zero-order chi connectivity index (χ0) is 7.49. The molecule has 5 heteroatoms. The van der Waals surface area contributed by atoms with Crippen LogP contribution in [-0.2, 0) is 0 Å². The molecule has 54 valence electrons. The molecule has 0 saturated heterocycles. The average molecular weight is 179 g/mol. The quantitative estimate of drug-likeness (QED) is 0.579. The van der Waals surface area contributed by atoms with Gasteiger partial charge in [0.2, 0.25) is 0 Å². The number of hydrogen-bond acceptors (Lipinski definition) is 0. The van der Waals surface area contributed by atoms with Crippen molar-refractivity contribution in [3.8, 4) is 0 Å². The van der Waals surface area contributed by atoms with Crippen molar-refractivity contribution in [2.45, 2.75) is 12.6 Å². The minimum atomic E-state index is -4.26. The van der Waals surface area contributed by atoms with E-state index in [0.717, 1.165) is 0 Å². The summed E-state index contributed by atoms with van der Waals surface area (Å²) in [6, 6.07) is 0. The van der Waals surface area contributed by atoms with E-state index in [4.69, 9.17) is 23.2 Å². The molecule has 0 nitrogen and oxygen atoms in total. The fraction of sp³-hybridized carbons (Fsp3) is 0.500. The van der Waals surface area contributed by atoms with Gasteiger partial charge in [-0.2, -0.15) is 13.2 Å². The van der Waals surface area contributed by atoms with Crippen LogP contribution in [0.1, 0.15) is 6.42 Å². The van der Waals surface area contributed by atoms with Crippen molar-refractivity contribution >= 4 is 23.2 Å². The summed E-state index contributed by atoms with van der Waals surface area (Å²) in [5.41, 5.74) is 0.703. The normalized spacial score (nSPS) is 14.1. The molecule has 0 aliphatic heterocycles. The van der Waals surface area contributed by atoms with Gasteiger partial charge in [-0.25, -0.2) is 0 Å². The van der Waals surface area contributed by atoms with E-state index >= 15 is 0 Å². The summed E-state index contributed by atoms with van der Waals surface area (Å²) in [5, 5.41) is -0.399. The van der Waals surface area contributed by atoms with Crippen LogP contribution in [0, 0.1) is 0 Å². The predicted molar refractivity (Wildman–Crippen MR) is 30.5 cm³/mol. The third-order valence-electron chi connectivity index (χ3n) is 0.488. The summed E-state index contributed by atoms with van der Waals surface area (Å²) in [7, 11) is 0. The second-order valence-corrected chi connectivity index (χ2v) is 2.05. The van der Waals surface area contributed by atoms with Gasteiger partial charge in [-0.05, 0) is 0 Å². The predicted octanol–water partition coefficient (Wildman–Crippen LogP) is 3.26. The Kier molecular flexibility index (Phi) is 3.36. The fourth-order valence-corrected chi connectivity index (χ4v) is 0.459. The van der Waals surface area contributed by atoms with Crippen molar-refractivity contribution in [1.29, 1.82) is 0 Å². The maximum Gasteiger partial charge on any atom is 0.393 e. The molecule has 0 bridgehead atoms. The molecule has 0 N–H and O–H groups in total. The first kappa shape index (κ1) is 9.11. The maximum atomic E-state index is 11.3. The van der Waals surface area contributed by atoms with Crippen LogP contribution in [-0.4, -0.2) is 6.18 Å². The maximum absolute atomic E-state index is 11.3. The lowest BCUT2D eigenvalue weighted by molar-refractivity contribution is -0.125. The van der Waals surface area contributed by atoms with Gasteiger partial charge in [0.25, 0.3) is 0 Å². The van der Waals surface area contributed by atoms with Crippen molar-refractivity contribution < 1.29 is 13.2 Å². The molecule has 0 aromatic carbocycles. The minimum Gasteiger partial charge on any atom is -0.171 e. The second kappa shape index (κ2) is 3.32. The van der Waals surface area contributed by atoms with E-state index in [2.05, 4.69) is 0 Å². The van der Waals surface area contributed by atoms with Crippen LogP contribution in [0.25, 0.3) is 0 Å². The van der Waals surface area contributed by atoms with Crippen LogP contribution < -0.4 is 0 Å². The topological polar surface area (TPSA) is 0 Å². The summed E-state index contributed by atoms with van der Waals surface area (Å²) < 4.78 is 33.9. The lowest BCUT2D eigenvalue weighted by Gasteiger charge is -2.02. The fourth-order valence-electron chi connectivity index (χ4n) is 0.230. The highest BCUT2D eigenvalue weighted by Gasteiger charge is 2.27. The Labute approximate surface area is 60.2 Å². The van der Waals surface area contributed by atoms with Crippen LogP contribution in [0.5, 0.6) is 0 Å². The Hall–Kier alpha value is 0.110. The summed E-state index contributed by atoms with van der Waals surface area (Å²) in [6.45, 7) is 0. The lowest BCUT2D eigenvalue weighted by atomic mass is 10.4. The van der Waals surface area contributed by atoms with Gasteiger partial charge in [-0.1, -0.05) is 23.2 Å². The molecular weight excluding hydrogens is 176 g/mol. The minimum absolute atomic E-state index is 0.399. The van der Waals surface area contributed by atoms with E-state index in [1.165, 1.54) is 0 Å². The molecule has 0 atom stereocenters. The zero-order valence-corrected chi connectivity index (χ0v) is 5.69. The number of allylic oxidation sites excluding steroid dienone is 1. The number of halogens is 5. The Balaban J connectivity index is 3.75. The Morgan fingerprint density at radius 1 is 1.44 bits per heavy atom. The van der Waals surface area contributed by atoms with Gasteiger partial charge in [-0.3, -0.25) is 0 Å². The van der Waals surface area contributed by atoms with Crippen LogP contribution in [0.3, 0.4) is 0 Å². The Bertz CT molecular complexity index is 115. The van der Waals surface area contributed by atoms with E-state index in [-0.39, 0.29) is 0 Å². The highest BCUT2D eigenvalue weighted by Crippen LogP contribution is 2.26. The van der Waals surface area contributed by atoms with Gasteiger partial charge in [-0.15, -0.1) is 0 Å². The number of rotatable bonds is 1. The summed E-state index contributed by atoms with van der Waals surface area (Å²) >= 11 is 9.82. The van der Waals surface area contributed by atoms with Crippen molar-refractivity contribution in [2.75, 3.05) is 0 Å². The Morgan fingerprint density at radius 3 is 2.00 bits per heavy atom. The molecule has 0 unspecified atom stereocenters. The average Bonchev–Trinajstić information content (AvgIpc) is 1.62. The molecule has 0 aliphatic rings. The van der Waals surface area contributed by atoms with Gasteiger partial charge in [0.05, 0.1) is 6.42 Å². The Morgan fingerprint density at radius 2 is 1.89 bits per heavy atom. The van der Waals surface area contributed by atoms with Gasteiger partial charge in [0.15, 0.2) is 0 Å². The highest BCUT2D eigenvalue weighted by atomic mass is 35.5. The third-order valence-corrected chi connectivity index (χ3v) is 1.11. The van der Waals surface area contributed by atoms with E-state index in [1.54, 1.807) is 0 Å². The van der Waals surface area contributed by atoms with Crippen molar-refractivity contribution in [3.05, 3.63) is 10.6 Å². The lowest BCUT2D eigenvalue weighted by Crippen LogP contribution is -2.05. The molecule has 0 heterocycles. The molecule has 0 saturated carbocycles.